The first-order valence-corrected chi connectivity index (χ1v) is 15.8. The molecule has 0 saturated heterocycles. The van der Waals surface area contributed by atoms with E-state index in [2.05, 4.69) is 20.4 Å². The molecule has 246 valence electrons. The fraction of sp³-hybridized carbons (Fsp3) is 0.424. The largest absolute Gasteiger partial charge is 0.475 e. The summed E-state index contributed by atoms with van der Waals surface area (Å²) in [7, 11) is 1.64. The van der Waals surface area contributed by atoms with Crippen molar-refractivity contribution in [2.45, 2.75) is 44.7 Å². The van der Waals surface area contributed by atoms with Gasteiger partial charge in [-0.05, 0) is 56.4 Å². The third kappa shape index (κ3) is 8.71. The molecular formula is C33H41ClFN7O4. The molecule has 0 atom stereocenters. The number of aryl methyl sites for hydroxylation is 1. The van der Waals surface area contributed by atoms with Gasteiger partial charge in [-0.3, -0.25) is 0 Å². The molecule has 1 aliphatic carbocycles. The fourth-order valence-corrected chi connectivity index (χ4v) is 5.52. The van der Waals surface area contributed by atoms with Crippen LogP contribution in [0.25, 0.3) is 16.6 Å². The van der Waals surface area contributed by atoms with Crippen LogP contribution in [0.2, 0.25) is 5.02 Å². The van der Waals surface area contributed by atoms with E-state index in [4.69, 9.17) is 42.0 Å². The second-order valence-electron chi connectivity index (χ2n) is 11.2. The van der Waals surface area contributed by atoms with Crippen molar-refractivity contribution in [3.8, 4) is 17.0 Å². The van der Waals surface area contributed by atoms with E-state index in [9.17, 15) is 4.39 Å². The normalized spacial score (nSPS) is 17.0. The number of hydrogen-bond donors (Lipinski definition) is 3. The van der Waals surface area contributed by atoms with Crippen molar-refractivity contribution in [3.63, 3.8) is 0 Å². The highest BCUT2D eigenvalue weighted by Crippen LogP contribution is 2.33. The fourth-order valence-electron chi connectivity index (χ4n) is 5.36. The lowest BCUT2D eigenvalue weighted by atomic mass is 9.91. The predicted octanol–water partition coefficient (Wildman–Crippen LogP) is 5.27. The highest BCUT2D eigenvalue weighted by atomic mass is 35.5. The molecule has 1 fully saturated rings. The van der Waals surface area contributed by atoms with E-state index < -0.39 is 5.82 Å². The summed E-state index contributed by atoms with van der Waals surface area (Å²) < 4.78 is 37.5. The zero-order valence-electron chi connectivity index (χ0n) is 26.2. The molecule has 5 N–H and O–H groups in total. The Labute approximate surface area is 273 Å². The van der Waals surface area contributed by atoms with Crippen molar-refractivity contribution >= 4 is 34.3 Å². The number of amidine groups is 1. The Balaban J connectivity index is 1.36. The number of aromatic nitrogens is 3. The van der Waals surface area contributed by atoms with Gasteiger partial charge in [0.05, 0.1) is 66.7 Å². The Kier molecular flexibility index (Phi) is 11.8. The number of rotatable bonds is 15. The quantitative estimate of drug-likeness (QED) is 0.0887. The van der Waals surface area contributed by atoms with Crippen LogP contribution in [0.3, 0.4) is 0 Å². The number of fused-ring (bicyclic) bond motifs is 1. The molecule has 1 aromatic carbocycles. The number of benzene rings is 1. The lowest BCUT2D eigenvalue weighted by Crippen LogP contribution is -2.33. The topological polar surface area (TPSA) is 144 Å². The van der Waals surface area contributed by atoms with E-state index in [-0.39, 0.29) is 23.6 Å². The predicted molar refractivity (Wildman–Crippen MR) is 178 cm³/mol. The standard InChI is InChI=1S/C33H41ClFN7O4/c1-21-15-31(46-14-13-45-12-11-44-10-9-43-2)38-18-26(21)22-16-30-32(40-25-6-4-24(36)5-7-25)27(19-39-42(30)20-22)33(37)41-29-17-23(35)3-8-28(29)34/h3,8,15-20,24-25,40H,4-7,9-14,36H2,1-2H3,(H2,37,41). The molecule has 0 amide bonds. The number of hydrogen-bond acceptors (Lipinski definition) is 9. The van der Waals surface area contributed by atoms with E-state index >= 15 is 0 Å². The number of methoxy groups -OCH3 is 1. The first kappa shape index (κ1) is 33.6. The Morgan fingerprint density at radius 2 is 1.78 bits per heavy atom. The van der Waals surface area contributed by atoms with Gasteiger partial charge >= 0.3 is 0 Å². The van der Waals surface area contributed by atoms with Crippen LogP contribution in [0.4, 0.5) is 15.8 Å². The maximum Gasteiger partial charge on any atom is 0.213 e. The van der Waals surface area contributed by atoms with Gasteiger partial charge in [0, 0.05) is 54.8 Å². The number of aliphatic imine (C=N–C) groups is 1. The Morgan fingerprint density at radius 3 is 2.52 bits per heavy atom. The van der Waals surface area contributed by atoms with Gasteiger partial charge in [-0.15, -0.1) is 0 Å². The number of halogens is 2. The minimum atomic E-state index is -0.453. The van der Waals surface area contributed by atoms with Gasteiger partial charge in [-0.1, -0.05) is 11.6 Å². The molecule has 0 spiro atoms. The lowest BCUT2D eigenvalue weighted by molar-refractivity contribution is 0.0176. The first-order chi connectivity index (χ1) is 22.3. The summed E-state index contributed by atoms with van der Waals surface area (Å²) >= 11 is 6.29. The minimum absolute atomic E-state index is 0.169. The summed E-state index contributed by atoms with van der Waals surface area (Å²) in [6, 6.07) is 8.34. The summed E-state index contributed by atoms with van der Waals surface area (Å²) in [4.78, 5) is 9.01. The Hall–Kier alpha value is -3.81. The van der Waals surface area contributed by atoms with Gasteiger partial charge in [0.2, 0.25) is 5.88 Å². The van der Waals surface area contributed by atoms with Gasteiger partial charge in [0.25, 0.3) is 0 Å². The van der Waals surface area contributed by atoms with Gasteiger partial charge in [0.1, 0.15) is 18.3 Å². The summed E-state index contributed by atoms with van der Waals surface area (Å²) in [6.07, 6.45) is 9.11. The molecule has 3 heterocycles. The number of nitrogens with one attached hydrogen (secondary N) is 1. The van der Waals surface area contributed by atoms with E-state index in [0.717, 1.165) is 53.6 Å². The molecule has 1 saturated carbocycles. The van der Waals surface area contributed by atoms with Crippen LogP contribution >= 0.6 is 11.6 Å². The SMILES string of the molecule is COCCOCCOCCOc1cc(C)c(-c2cc3c(NC4CCC(N)CC4)c(C(N)=Nc4cc(F)ccc4Cl)cnn3c2)cn1. The molecule has 46 heavy (non-hydrogen) atoms. The van der Waals surface area contributed by atoms with Gasteiger partial charge in [0.15, 0.2) is 0 Å². The van der Waals surface area contributed by atoms with Crippen molar-refractivity contribution < 1.29 is 23.3 Å². The van der Waals surface area contributed by atoms with Crippen LogP contribution in [0.15, 0.2) is 53.9 Å². The number of anilines is 1. The smallest absolute Gasteiger partial charge is 0.213 e. The minimum Gasteiger partial charge on any atom is -0.475 e. The number of nitrogens with two attached hydrogens (primary N) is 2. The molecule has 0 bridgehead atoms. The Morgan fingerprint density at radius 1 is 1.04 bits per heavy atom. The molecule has 1 aliphatic rings. The van der Waals surface area contributed by atoms with E-state index in [1.165, 1.54) is 18.2 Å². The zero-order chi connectivity index (χ0) is 32.5. The first-order valence-electron chi connectivity index (χ1n) is 15.4. The van der Waals surface area contributed by atoms with Crippen LogP contribution in [0, 0.1) is 12.7 Å². The van der Waals surface area contributed by atoms with Crippen molar-refractivity contribution in [3.05, 3.63) is 70.9 Å². The summed E-state index contributed by atoms with van der Waals surface area (Å²) in [5.41, 5.74) is 18.0. The van der Waals surface area contributed by atoms with Crippen LogP contribution < -0.4 is 21.5 Å². The number of nitrogens with zero attached hydrogens (tertiary/aromatic N) is 4. The molecule has 4 aromatic rings. The maximum atomic E-state index is 14.0. The van der Waals surface area contributed by atoms with Crippen LogP contribution in [-0.4, -0.2) is 79.3 Å². The molecular weight excluding hydrogens is 613 g/mol. The molecule has 0 aliphatic heterocycles. The van der Waals surface area contributed by atoms with Crippen LogP contribution in [-0.2, 0) is 14.2 Å². The van der Waals surface area contributed by atoms with Gasteiger partial charge in [-0.25, -0.2) is 18.9 Å². The summed E-state index contributed by atoms with van der Waals surface area (Å²) in [5, 5.41) is 8.64. The second kappa shape index (κ2) is 16.1. The Bertz CT molecular complexity index is 1640. The molecule has 3 aromatic heterocycles. The van der Waals surface area contributed by atoms with Crippen LogP contribution in [0.1, 0.15) is 36.8 Å². The van der Waals surface area contributed by atoms with Crippen molar-refractivity contribution in [2.24, 2.45) is 16.5 Å². The average molecular weight is 654 g/mol. The maximum absolute atomic E-state index is 14.0. The number of ether oxygens (including phenoxy) is 4. The third-order valence-corrected chi connectivity index (χ3v) is 8.18. The summed E-state index contributed by atoms with van der Waals surface area (Å²) in [6.45, 7) is 4.90. The average Bonchev–Trinajstić information content (AvgIpc) is 3.48. The van der Waals surface area contributed by atoms with E-state index in [1.807, 2.05) is 25.3 Å². The van der Waals surface area contributed by atoms with Crippen molar-refractivity contribution in [1.82, 2.24) is 14.6 Å². The molecule has 0 radical (unpaired) electrons. The van der Waals surface area contributed by atoms with E-state index in [0.29, 0.717) is 56.1 Å². The van der Waals surface area contributed by atoms with Crippen molar-refractivity contribution in [1.29, 1.82) is 0 Å². The van der Waals surface area contributed by atoms with Crippen molar-refractivity contribution in [2.75, 3.05) is 52.1 Å². The monoisotopic (exact) mass is 653 g/mol. The zero-order valence-corrected chi connectivity index (χ0v) is 26.9. The van der Waals surface area contributed by atoms with Gasteiger partial charge in [-0.2, -0.15) is 5.10 Å². The molecule has 5 rings (SSSR count). The summed E-state index contributed by atoms with van der Waals surface area (Å²) in [5.74, 6) is 0.233. The second-order valence-corrected chi connectivity index (χ2v) is 11.7. The number of pyridine rings is 1. The van der Waals surface area contributed by atoms with Gasteiger partial charge < -0.3 is 35.7 Å². The molecule has 0 unspecified atom stereocenters. The lowest BCUT2D eigenvalue weighted by Gasteiger charge is -2.28. The molecule has 11 nitrogen and oxygen atoms in total. The van der Waals surface area contributed by atoms with E-state index in [1.54, 1.807) is 24.0 Å². The molecule has 13 heteroatoms. The highest BCUT2D eigenvalue weighted by Gasteiger charge is 2.23. The van der Waals surface area contributed by atoms with Crippen LogP contribution in [0.5, 0.6) is 5.88 Å². The third-order valence-electron chi connectivity index (χ3n) is 7.86. The highest BCUT2D eigenvalue weighted by molar-refractivity contribution is 6.33.